The maximum atomic E-state index is 9.23. The molecule has 0 bridgehead atoms. The van der Waals surface area contributed by atoms with Crippen LogP contribution in [0.2, 0.25) is 0 Å². The molecule has 0 aromatic heterocycles. The molecule has 1 saturated carbocycles. The topological polar surface area (TPSA) is 32.3 Å². The first kappa shape index (κ1) is 13.4. The van der Waals surface area contributed by atoms with Crippen LogP contribution < -0.4 is 5.32 Å². The Labute approximate surface area is 110 Å². The predicted octanol–water partition coefficient (Wildman–Crippen LogP) is 3.84. The molecule has 0 radical (unpaired) electrons. The lowest BCUT2D eigenvalue weighted by Gasteiger charge is -2.29. The van der Waals surface area contributed by atoms with Gasteiger partial charge in [0.1, 0.15) is 5.75 Å². The minimum Gasteiger partial charge on any atom is -0.508 e. The maximum absolute atomic E-state index is 9.23. The van der Waals surface area contributed by atoms with Crippen LogP contribution in [0.3, 0.4) is 0 Å². The summed E-state index contributed by atoms with van der Waals surface area (Å²) in [6.45, 7) is 3.21. The summed E-state index contributed by atoms with van der Waals surface area (Å²) in [6.07, 6.45) is 8.16. The summed E-state index contributed by atoms with van der Waals surface area (Å²) in [6, 6.07) is 8.19. The van der Waals surface area contributed by atoms with E-state index in [-0.39, 0.29) is 0 Å². The second-order valence-electron chi connectivity index (χ2n) is 5.55. The monoisotopic (exact) mass is 247 g/mol. The lowest BCUT2D eigenvalue weighted by atomic mass is 9.83. The van der Waals surface area contributed by atoms with Gasteiger partial charge in [-0.25, -0.2) is 0 Å². The second kappa shape index (κ2) is 6.79. The molecule has 2 nitrogen and oxygen atoms in total. The van der Waals surface area contributed by atoms with E-state index in [1.807, 2.05) is 12.1 Å². The average Bonchev–Trinajstić information content (AvgIpc) is 2.40. The number of nitrogens with one attached hydrogen (secondary N) is 1. The quantitative estimate of drug-likeness (QED) is 0.828. The van der Waals surface area contributed by atoms with Gasteiger partial charge in [0.2, 0.25) is 0 Å². The van der Waals surface area contributed by atoms with E-state index in [9.17, 15) is 5.11 Å². The molecule has 1 fully saturated rings. The molecular formula is C16H25NO. The van der Waals surface area contributed by atoms with Gasteiger partial charge in [0.15, 0.2) is 0 Å². The number of hydrogen-bond acceptors (Lipinski definition) is 2. The molecule has 1 aliphatic carbocycles. The lowest BCUT2D eigenvalue weighted by Crippen LogP contribution is -2.32. The highest BCUT2D eigenvalue weighted by atomic mass is 16.3. The Balaban J connectivity index is 1.70. The Bertz CT molecular complexity index is 339. The summed E-state index contributed by atoms with van der Waals surface area (Å²) in [5, 5.41) is 12.9. The summed E-state index contributed by atoms with van der Waals surface area (Å²) in [5.41, 5.74) is 1.25. The van der Waals surface area contributed by atoms with Crippen molar-refractivity contribution in [1.82, 2.24) is 5.32 Å². The molecule has 0 unspecified atom stereocenters. The molecule has 0 spiro atoms. The van der Waals surface area contributed by atoms with E-state index in [1.165, 1.54) is 44.1 Å². The highest BCUT2D eigenvalue weighted by Gasteiger charge is 2.19. The highest BCUT2D eigenvalue weighted by Crippen LogP contribution is 2.27. The molecule has 2 heteroatoms. The smallest absolute Gasteiger partial charge is 0.115 e. The maximum Gasteiger partial charge on any atom is 0.115 e. The first-order chi connectivity index (χ1) is 8.78. The molecule has 0 aliphatic heterocycles. The van der Waals surface area contributed by atoms with Crippen molar-refractivity contribution in [2.45, 2.75) is 58.0 Å². The van der Waals surface area contributed by atoms with Crippen LogP contribution in [-0.2, 0) is 6.54 Å². The molecule has 0 saturated heterocycles. The van der Waals surface area contributed by atoms with Crippen LogP contribution in [0.25, 0.3) is 0 Å². The lowest BCUT2D eigenvalue weighted by molar-refractivity contribution is 0.277. The molecule has 0 atom stereocenters. The van der Waals surface area contributed by atoms with Crippen LogP contribution in [-0.4, -0.2) is 11.1 Å². The van der Waals surface area contributed by atoms with Crippen molar-refractivity contribution in [3.05, 3.63) is 29.8 Å². The van der Waals surface area contributed by atoms with E-state index in [1.54, 1.807) is 12.1 Å². The van der Waals surface area contributed by atoms with Gasteiger partial charge in [-0.2, -0.15) is 0 Å². The van der Waals surface area contributed by atoms with Gasteiger partial charge in [0, 0.05) is 12.6 Å². The van der Waals surface area contributed by atoms with Gasteiger partial charge in [-0.05, 0) is 49.3 Å². The number of benzene rings is 1. The number of rotatable bonds is 5. The highest BCUT2D eigenvalue weighted by molar-refractivity contribution is 5.25. The number of aromatic hydroxyl groups is 1. The van der Waals surface area contributed by atoms with Gasteiger partial charge < -0.3 is 10.4 Å². The zero-order chi connectivity index (χ0) is 12.8. The predicted molar refractivity (Wildman–Crippen MR) is 75.6 cm³/mol. The first-order valence-corrected chi connectivity index (χ1v) is 7.29. The zero-order valence-electron chi connectivity index (χ0n) is 11.4. The third-order valence-corrected chi connectivity index (χ3v) is 4.07. The third-order valence-electron chi connectivity index (χ3n) is 4.07. The van der Waals surface area contributed by atoms with E-state index in [4.69, 9.17) is 0 Å². The van der Waals surface area contributed by atoms with Crippen molar-refractivity contribution in [3.63, 3.8) is 0 Å². The molecule has 1 aliphatic rings. The van der Waals surface area contributed by atoms with Crippen LogP contribution in [0.15, 0.2) is 24.3 Å². The van der Waals surface area contributed by atoms with Gasteiger partial charge >= 0.3 is 0 Å². The summed E-state index contributed by atoms with van der Waals surface area (Å²) >= 11 is 0. The van der Waals surface area contributed by atoms with E-state index < -0.39 is 0 Å². The van der Waals surface area contributed by atoms with Crippen molar-refractivity contribution in [1.29, 1.82) is 0 Å². The molecule has 0 amide bonds. The van der Waals surface area contributed by atoms with Gasteiger partial charge in [-0.3, -0.25) is 0 Å². The number of hydrogen-bond donors (Lipinski definition) is 2. The molecule has 2 rings (SSSR count). The molecule has 100 valence electrons. The summed E-state index contributed by atoms with van der Waals surface area (Å²) in [5.74, 6) is 1.32. The SMILES string of the molecule is CCCC1CCC(NCc2ccc(O)cc2)CC1. The van der Waals surface area contributed by atoms with E-state index in [0.717, 1.165) is 12.5 Å². The van der Waals surface area contributed by atoms with E-state index in [0.29, 0.717) is 11.8 Å². The standard InChI is InChI=1S/C16H25NO/c1-2-3-13-4-8-15(9-5-13)17-12-14-6-10-16(18)11-7-14/h6-7,10-11,13,15,17-18H,2-5,8-9,12H2,1H3. The first-order valence-electron chi connectivity index (χ1n) is 7.29. The van der Waals surface area contributed by atoms with Crippen molar-refractivity contribution < 1.29 is 5.11 Å². The fraction of sp³-hybridized carbons (Fsp3) is 0.625. The summed E-state index contributed by atoms with van der Waals surface area (Å²) < 4.78 is 0. The third kappa shape index (κ3) is 4.02. The Morgan fingerprint density at radius 3 is 2.39 bits per heavy atom. The van der Waals surface area contributed by atoms with Crippen molar-refractivity contribution >= 4 is 0 Å². The molecule has 0 heterocycles. The van der Waals surface area contributed by atoms with Crippen molar-refractivity contribution in [2.75, 3.05) is 0 Å². The molecule has 1 aromatic carbocycles. The molecule has 2 N–H and O–H groups in total. The average molecular weight is 247 g/mol. The van der Waals surface area contributed by atoms with Crippen LogP contribution in [0.1, 0.15) is 51.0 Å². The van der Waals surface area contributed by atoms with Gasteiger partial charge in [-0.15, -0.1) is 0 Å². The van der Waals surface area contributed by atoms with Gasteiger partial charge in [-0.1, -0.05) is 31.9 Å². The minimum absolute atomic E-state index is 0.346. The number of phenolic OH excluding ortho intramolecular Hbond substituents is 1. The fourth-order valence-corrected chi connectivity index (χ4v) is 2.94. The van der Waals surface area contributed by atoms with Crippen LogP contribution in [0, 0.1) is 5.92 Å². The summed E-state index contributed by atoms with van der Waals surface area (Å²) in [7, 11) is 0. The largest absolute Gasteiger partial charge is 0.508 e. The number of phenols is 1. The summed E-state index contributed by atoms with van der Waals surface area (Å²) in [4.78, 5) is 0. The Kier molecular flexibility index (Phi) is 5.06. The molecule has 18 heavy (non-hydrogen) atoms. The van der Waals surface area contributed by atoms with Crippen molar-refractivity contribution in [3.8, 4) is 5.75 Å². The zero-order valence-corrected chi connectivity index (χ0v) is 11.4. The van der Waals surface area contributed by atoms with Crippen molar-refractivity contribution in [2.24, 2.45) is 5.92 Å². The normalized spacial score (nSPS) is 24.1. The van der Waals surface area contributed by atoms with Gasteiger partial charge in [0.25, 0.3) is 0 Å². The second-order valence-corrected chi connectivity index (χ2v) is 5.55. The van der Waals surface area contributed by atoms with E-state index >= 15 is 0 Å². The fourth-order valence-electron chi connectivity index (χ4n) is 2.94. The van der Waals surface area contributed by atoms with Gasteiger partial charge in [0.05, 0.1) is 0 Å². The Hall–Kier alpha value is -1.02. The molecule has 1 aromatic rings. The minimum atomic E-state index is 0.346. The van der Waals surface area contributed by atoms with Crippen LogP contribution in [0.5, 0.6) is 5.75 Å². The van der Waals surface area contributed by atoms with E-state index in [2.05, 4.69) is 12.2 Å². The molecular weight excluding hydrogens is 222 g/mol. The Morgan fingerprint density at radius 2 is 1.78 bits per heavy atom. The Morgan fingerprint density at radius 1 is 1.11 bits per heavy atom. The van der Waals surface area contributed by atoms with Crippen LogP contribution in [0.4, 0.5) is 0 Å². The van der Waals surface area contributed by atoms with Crippen LogP contribution >= 0.6 is 0 Å².